The van der Waals surface area contributed by atoms with Gasteiger partial charge in [-0.3, -0.25) is 4.79 Å². The lowest BCUT2D eigenvalue weighted by Crippen LogP contribution is -2.11. The van der Waals surface area contributed by atoms with Gasteiger partial charge < -0.3 is 10.1 Å². The SMILES string of the molecule is O=c1[nH]c(CSCC(O)c2ccccc2)nc2ccccc12. The zero-order valence-corrected chi connectivity index (χ0v) is 12.7. The predicted molar refractivity (Wildman–Crippen MR) is 89.9 cm³/mol. The van der Waals surface area contributed by atoms with Crippen LogP contribution >= 0.6 is 11.8 Å². The van der Waals surface area contributed by atoms with Gasteiger partial charge in [0.05, 0.1) is 22.8 Å². The van der Waals surface area contributed by atoms with Gasteiger partial charge in [0, 0.05) is 5.75 Å². The van der Waals surface area contributed by atoms with Crippen LogP contribution in [0.25, 0.3) is 10.9 Å². The van der Waals surface area contributed by atoms with Crippen LogP contribution in [0.4, 0.5) is 0 Å². The largest absolute Gasteiger partial charge is 0.388 e. The summed E-state index contributed by atoms with van der Waals surface area (Å²) in [6.45, 7) is 0. The molecule has 0 aliphatic heterocycles. The van der Waals surface area contributed by atoms with E-state index < -0.39 is 6.10 Å². The van der Waals surface area contributed by atoms with E-state index in [2.05, 4.69) is 9.97 Å². The van der Waals surface area contributed by atoms with Crippen molar-refractivity contribution in [3.8, 4) is 0 Å². The van der Waals surface area contributed by atoms with Gasteiger partial charge in [-0.05, 0) is 17.7 Å². The second kappa shape index (κ2) is 6.77. The van der Waals surface area contributed by atoms with Crippen LogP contribution in [-0.2, 0) is 5.75 Å². The minimum absolute atomic E-state index is 0.121. The first-order valence-electron chi connectivity index (χ1n) is 7.03. The first kappa shape index (κ1) is 14.8. The van der Waals surface area contributed by atoms with Crippen LogP contribution in [0.3, 0.4) is 0 Å². The minimum Gasteiger partial charge on any atom is -0.388 e. The Balaban J connectivity index is 1.66. The number of thioether (sulfide) groups is 1. The Morgan fingerprint density at radius 1 is 1.09 bits per heavy atom. The molecule has 2 aromatic carbocycles. The molecule has 0 saturated heterocycles. The van der Waals surface area contributed by atoms with Crippen molar-refractivity contribution in [2.75, 3.05) is 5.75 Å². The number of hydrogen-bond donors (Lipinski definition) is 2. The molecule has 112 valence electrons. The highest BCUT2D eigenvalue weighted by Crippen LogP contribution is 2.20. The number of aromatic nitrogens is 2. The van der Waals surface area contributed by atoms with Gasteiger partial charge in [0.2, 0.25) is 0 Å². The van der Waals surface area contributed by atoms with Gasteiger partial charge in [-0.25, -0.2) is 4.98 Å². The number of aliphatic hydroxyl groups excluding tert-OH is 1. The number of fused-ring (bicyclic) bond motifs is 1. The quantitative estimate of drug-likeness (QED) is 0.760. The third-order valence-corrected chi connectivity index (χ3v) is 4.39. The van der Waals surface area contributed by atoms with Gasteiger partial charge in [0.25, 0.3) is 5.56 Å². The van der Waals surface area contributed by atoms with Crippen molar-refractivity contribution in [3.05, 3.63) is 76.3 Å². The highest BCUT2D eigenvalue weighted by atomic mass is 32.2. The molecule has 0 aliphatic rings. The number of aliphatic hydroxyl groups is 1. The third kappa shape index (κ3) is 3.37. The van der Waals surface area contributed by atoms with Gasteiger partial charge in [-0.15, -0.1) is 0 Å². The number of nitrogens with one attached hydrogen (secondary N) is 1. The van der Waals surface area contributed by atoms with E-state index in [0.717, 1.165) is 5.56 Å². The van der Waals surface area contributed by atoms with Crippen LogP contribution in [0.15, 0.2) is 59.4 Å². The van der Waals surface area contributed by atoms with Crippen molar-refractivity contribution < 1.29 is 5.11 Å². The first-order chi connectivity index (χ1) is 10.7. The Morgan fingerprint density at radius 2 is 1.82 bits per heavy atom. The first-order valence-corrected chi connectivity index (χ1v) is 8.18. The Labute approximate surface area is 132 Å². The van der Waals surface area contributed by atoms with Crippen molar-refractivity contribution in [2.45, 2.75) is 11.9 Å². The van der Waals surface area contributed by atoms with Crippen molar-refractivity contribution in [1.29, 1.82) is 0 Å². The van der Waals surface area contributed by atoms with E-state index >= 15 is 0 Å². The molecule has 1 unspecified atom stereocenters. The van der Waals surface area contributed by atoms with E-state index in [-0.39, 0.29) is 5.56 Å². The van der Waals surface area contributed by atoms with Crippen LogP contribution in [0.2, 0.25) is 0 Å². The molecule has 0 spiro atoms. The van der Waals surface area contributed by atoms with Gasteiger partial charge in [0.1, 0.15) is 5.82 Å². The molecule has 1 atom stereocenters. The summed E-state index contributed by atoms with van der Waals surface area (Å²) in [6.07, 6.45) is -0.515. The molecule has 5 heteroatoms. The molecule has 0 fully saturated rings. The maximum Gasteiger partial charge on any atom is 0.258 e. The van der Waals surface area contributed by atoms with Gasteiger partial charge in [0.15, 0.2) is 0 Å². The summed E-state index contributed by atoms with van der Waals surface area (Å²) in [6, 6.07) is 16.8. The van der Waals surface area contributed by atoms with Crippen LogP contribution in [0.5, 0.6) is 0 Å². The summed E-state index contributed by atoms with van der Waals surface area (Å²) in [5.41, 5.74) is 1.48. The molecule has 0 saturated carbocycles. The molecular weight excluding hydrogens is 296 g/mol. The number of hydrogen-bond acceptors (Lipinski definition) is 4. The predicted octanol–water partition coefficient (Wildman–Crippen LogP) is 2.89. The van der Waals surface area contributed by atoms with Gasteiger partial charge in [-0.1, -0.05) is 42.5 Å². The molecule has 3 aromatic rings. The molecular formula is C17H16N2O2S. The lowest BCUT2D eigenvalue weighted by molar-refractivity contribution is 0.204. The maximum atomic E-state index is 12.0. The molecule has 4 nitrogen and oxygen atoms in total. The van der Waals surface area contributed by atoms with Gasteiger partial charge in [-0.2, -0.15) is 11.8 Å². The molecule has 22 heavy (non-hydrogen) atoms. The molecule has 0 amide bonds. The summed E-state index contributed by atoms with van der Waals surface area (Å²) in [5, 5.41) is 10.7. The lowest BCUT2D eigenvalue weighted by atomic mass is 10.1. The molecule has 1 aromatic heterocycles. The van der Waals surface area contributed by atoms with E-state index in [9.17, 15) is 9.90 Å². The Bertz CT molecular complexity index is 818. The highest BCUT2D eigenvalue weighted by molar-refractivity contribution is 7.98. The number of benzene rings is 2. The van der Waals surface area contributed by atoms with Gasteiger partial charge >= 0.3 is 0 Å². The fourth-order valence-corrected chi connectivity index (χ4v) is 3.11. The minimum atomic E-state index is -0.515. The average Bonchev–Trinajstić information content (AvgIpc) is 2.56. The Hall–Kier alpha value is -2.11. The zero-order chi connectivity index (χ0) is 15.4. The van der Waals surface area contributed by atoms with Crippen LogP contribution < -0.4 is 5.56 Å². The molecule has 0 aliphatic carbocycles. The Morgan fingerprint density at radius 3 is 2.64 bits per heavy atom. The summed E-state index contributed by atoms with van der Waals surface area (Å²) < 4.78 is 0. The maximum absolute atomic E-state index is 12.0. The number of aromatic amines is 1. The third-order valence-electron chi connectivity index (χ3n) is 3.36. The van der Waals surface area contributed by atoms with Crippen LogP contribution in [0.1, 0.15) is 17.5 Å². The van der Waals surface area contributed by atoms with Crippen molar-refractivity contribution in [3.63, 3.8) is 0 Å². The number of para-hydroxylation sites is 1. The average molecular weight is 312 g/mol. The number of H-pyrrole nitrogens is 1. The topological polar surface area (TPSA) is 66.0 Å². The fourth-order valence-electron chi connectivity index (χ4n) is 2.24. The standard InChI is InChI=1S/C17H16N2O2S/c20-15(12-6-2-1-3-7-12)10-22-11-16-18-14-9-5-4-8-13(14)17(21)19-16/h1-9,15,20H,10-11H2,(H,18,19,21). The van der Waals surface area contributed by atoms with E-state index in [4.69, 9.17) is 0 Å². The molecule has 1 heterocycles. The Kier molecular flexibility index (Phi) is 4.56. The second-order valence-electron chi connectivity index (χ2n) is 4.97. The summed E-state index contributed by atoms with van der Waals surface area (Å²) in [4.78, 5) is 19.2. The monoisotopic (exact) mass is 312 g/mol. The van der Waals surface area contributed by atoms with Crippen LogP contribution in [-0.4, -0.2) is 20.8 Å². The number of nitrogens with zero attached hydrogens (tertiary/aromatic N) is 1. The lowest BCUT2D eigenvalue weighted by Gasteiger charge is -2.10. The second-order valence-corrected chi connectivity index (χ2v) is 6.00. The normalized spacial score (nSPS) is 12.4. The fraction of sp³-hybridized carbons (Fsp3) is 0.176. The molecule has 0 radical (unpaired) electrons. The van der Waals surface area contributed by atoms with Crippen LogP contribution in [0, 0.1) is 0 Å². The molecule has 2 N–H and O–H groups in total. The van der Waals surface area contributed by atoms with E-state index in [0.29, 0.717) is 28.2 Å². The molecule has 3 rings (SSSR count). The molecule has 0 bridgehead atoms. The smallest absolute Gasteiger partial charge is 0.258 e. The summed E-state index contributed by atoms with van der Waals surface area (Å²) >= 11 is 1.54. The number of rotatable bonds is 5. The van der Waals surface area contributed by atoms with E-state index in [1.807, 2.05) is 48.5 Å². The summed E-state index contributed by atoms with van der Waals surface area (Å²) in [5.74, 6) is 1.75. The summed E-state index contributed by atoms with van der Waals surface area (Å²) in [7, 11) is 0. The van der Waals surface area contributed by atoms with Crippen molar-refractivity contribution in [1.82, 2.24) is 9.97 Å². The zero-order valence-electron chi connectivity index (χ0n) is 11.9. The van der Waals surface area contributed by atoms with Crippen molar-refractivity contribution in [2.24, 2.45) is 0 Å². The van der Waals surface area contributed by atoms with E-state index in [1.165, 1.54) is 0 Å². The van der Waals surface area contributed by atoms with Crippen molar-refractivity contribution >= 4 is 22.7 Å². The van der Waals surface area contributed by atoms with E-state index in [1.54, 1.807) is 17.8 Å². The highest BCUT2D eigenvalue weighted by Gasteiger charge is 2.08.